The molecule has 1 aliphatic heterocycles. The Bertz CT molecular complexity index is 402. The van der Waals surface area contributed by atoms with Crippen LogP contribution in [0.2, 0.25) is 0 Å². The van der Waals surface area contributed by atoms with Crippen molar-refractivity contribution in [1.82, 2.24) is 15.1 Å². The summed E-state index contributed by atoms with van der Waals surface area (Å²) in [6, 6.07) is 11.2. The standard InChI is InChI=1S/C17H29N3/c1-17(2)14-20(13-12-19(17)4)11-10-16(18-3)15-8-6-5-7-9-15/h5-9,16,18H,10-14H2,1-4H3. The molecule has 0 aliphatic carbocycles. The van der Waals surface area contributed by atoms with Gasteiger partial charge >= 0.3 is 0 Å². The van der Waals surface area contributed by atoms with Gasteiger partial charge < -0.3 is 10.2 Å². The molecule has 2 rings (SSSR count). The van der Waals surface area contributed by atoms with Crippen LogP contribution in [-0.2, 0) is 0 Å². The van der Waals surface area contributed by atoms with Crippen LogP contribution < -0.4 is 5.32 Å². The molecule has 0 aromatic heterocycles. The van der Waals surface area contributed by atoms with E-state index in [2.05, 4.69) is 73.4 Å². The lowest BCUT2D eigenvalue weighted by Crippen LogP contribution is -2.57. The molecule has 0 amide bonds. The molecule has 3 heteroatoms. The number of benzene rings is 1. The third-order valence-corrected chi connectivity index (χ3v) is 4.68. The minimum absolute atomic E-state index is 0.292. The van der Waals surface area contributed by atoms with Crippen LogP contribution in [0.15, 0.2) is 30.3 Å². The zero-order valence-corrected chi connectivity index (χ0v) is 13.4. The Hall–Kier alpha value is -0.900. The first-order valence-corrected chi connectivity index (χ1v) is 7.69. The van der Waals surface area contributed by atoms with Crippen molar-refractivity contribution in [3.05, 3.63) is 35.9 Å². The average molecular weight is 275 g/mol. The molecule has 0 radical (unpaired) electrons. The van der Waals surface area contributed by atoms with Crippen LogP contribution in [-0.4, -0.2) is 55.6 Å². The van der Waals surface area contributed by atoms with Crippen LogP contribution in [0.5, 0.6) is 0 Å². The topological polar surface area (TPSA) is 18.5 Å². The first-order chi connectivity index (χ1) is 9.53. The summed E-state index contributed by atoms with van der Waals surface area (Å²) in [6.07, 6.45) is 1.17. The number of nitrogens with zero attached hydrogens (tertiary/aromatic N) is 2. The van der Waals surface area contributed by atoms with E-state index in [9.17, 15) is 0 Å². The zero-order chi connectivity index (χ0) is 14.6. The molecule has 1 fully saturated rings. The van der Waals surface area contributed by atoms with E-state index < -0.39 is 0 Å². The summed E-state index contributed by atoms with van der Waals surface area (Å²) in [4.78, 5) is 5.07. The Kier molecular flexibility index (Phi) is 5.19. The molecule has 0 saturated carbocycles. The molecule has 0 bridgehead atoms. The van der Waals surface area contributed by atoms with Crippen LogP contribution in [0.3, 0.4) is 0 Å². The lowest BCUT2D eigenvalue weighted by Gasteiger charge is -2.45. The summed E-state index contributed by atoms with van der Waals surface area (Å²) in [6.45, 7) is 9.36. The Balaban J connectivity index is 1.88. The van der Waals surface area contributed by atoms with Gasteiger partial charge in [-0.15, -0.1) is 0 Å². The summed E-state index contributed by atoms with van der Waals surface area (Å²) in [7, 11) is 4.29. The average Bonchev–Trinajstić information content (AvgIpc) is 2.44. The van der Waals surface area contributed by atoms with Crippen molar-refractivity contribution in [1.29, 1.82) is 0 Å². The number of rotatable bonds is 5. The second kappa shape index (κ2) is 6.70. The Morgan fingerprint density at radius 3 is 2.50 bits per heavy atom. The van der Waals surface area contributed by atoms with Gasteiger partial charge in [0.15, 0.2) is 0 Å². The van der Waals surface area contributed by atoms with Gasteiger partial charge in [0.25, 0.3) is 0 Å². The molecule has 1 aromatic rings. The minimum Gasteiger partial charge on any atom is -0.313 e. The third-order valence-electron chi connectivity index (χ3n) is 4.68. The third kappa shape index (κ3) is 3.81. The highest BCUT2D eigenvalue weighted by Crippen LogP contribution is 2.21. The normalized spacial score (nSPS) is 21.8. The maximum atomic E-state index is 3.45. The Morgan fingerprint density at radius 2 is 1.90 bits per heavy atom. The molecule has 1 unspecified atom stereocenters. The van der Waals surface area contributed by atoms with E-state index in [1.54, 1.807) is 0 Å². The van der Waals surface area contributed by atoms with Crippen LogP contribution in [0.4, 0.5) is 0 Å². The number of likely N-dealkylation sites (N-methyl/N-ethyl adjacent to an activating group) is 1. The molecule has 1 aromatic carbocycles. The Labute approximate surface area is 124 Å². The minimum atomic E-state index is 0.292. The van der Waals surface area contributed by atoms with Crippen molar-refractivity contribution in [2.75, 3.05) is 40.3 Å². The lowest BCUT2D eigenvalue weighted by atomic mass is 9.98. The van der Waals surface area contributed by atoms with E-state index in [1.165, 1.54) is 25.1 Å². The van der Waals surface area contributed by atoms with E-state index in [1.807, 2.05) is 0 Å². The number of piperazine rings is 1. The van der Waals surface area contributed by atoms with Gasteiger partial charge in [-0.05, 0) is 39.9 Å². The molecule has 112 valence electrons. The highest BCUT2D eigenvalue weighted by molar-refractivity contribution is 5.18. The van der Waals surface area contributed by atoms with E-state index >= 15 is 0 Å². The predicted molar refractivity (Wildman–Crippen MR) is 86.0 cm³/mol. The van der Waals surface area contributed by atoms with Crippen molar-refractivity contribution in [3.8, 4) is 0 Å². The zero-order valence-electron chi connectivity index (χ0n) is 13.4. The molecule has 0 spiro atoms. The molecule has 3 nitrogen and oxygen atoms in total. The van der Waals surface area contributed by atoms with Crippen LogP contribution >= 0.6 is 0 Å². The first kappa shape index (κ1) is 15.5. The van der Waals surface area contributed by atoms with Crippen molar-refractivity contribution in [2.45, 2.75) is 31.8 Å². The number of hydrogen-bond donors (Lipinski definition) is 1. The summed E-state index contributed by atoms with van der Waals surface area (Å²) in [5, 5.41) is 3.45. The van der Waals surface area contributed by atoms with Gasteiger partial charge in [-0.25, -0.2) is 0 Å². The highest BCUT2D eigenvalue weighted by atomic mass is 15.3. The van der Waals surface area contributed by atoms with Gasteiger partial charge in [0, 0.05) is 37.8 Å². The number of hydrogen-bond acceptors (Lipinski definition) is 3. The van der Waals surface area contributed by atoms with Crippen LogP contribution in [0, 0.1) is 0 Å². The van der Waals surface area contributed by atoms with Gasteiger partial charge in [0.1, 0.15) is 0 Å². The fourth-order valence-corrected chi connectivity index (χ4v) is 3.01. The van der Waals surface area contributed by atoms with E-state index in [4.69, 9.17) is 0 Å². The summed E-state index contributed by atoms with van der Waals surface area (Å²) < 4.78 is 0. The molecule has 1 heterocycles. The monoisotopic (exact) mass is 275 g/mol. The molecular formula is C17H29N3. The van der Waals surface area contributed by atoms with Gasteiger partial charge in [-0.1, -0.05) is 30.3 Å². The maximum absolute atomic E-state index is 3.45. The molecule has 1 saturated heterocycles. The van der Waals surface area contributed by atoms with Gasteiger partial charge in [0.05, 0.1) is 0 Å². The summed E-state index contributed by atoms with van der Waals surface area (Å²) in [5.41, 5.74) is 1.68. The van der Waals surface area contributed by atoms with Crippen LogP contribution in [0.25, 0.3) is 0 Å². The van der Waals surface area contributed by atoms with E-state index in [0.717, 1.165) is 13.1 Å². The second-order valence-corrected chi connectivity index (χ2v) is 6.55. The SMILES string of the molecule is CNC(CCN1CCN(C)C(C)(C)C1)c1ccccc1. The van der Waals surface area contributed by atoms with E-state index in [0.29, 0.717) is 11.6 Å². The molecular weight excluding hydrogens is 246 g/mol. The summed E-state index contributed by atoms with van der Waals surface area (Å²) in [5.74, 6) is 0. The highest BCUT2D eigenvalue weighted by Gasteiger charge is 2.30. The maximum Gasteiger partial charge on any atom is 0.0329 e. The largest absolute Gasteiger partial charge is 0.313 e. The number of nitrogens with one attached hydrogen (secondary N) is 1. The predicted octanol–water partition coefficient (Wildman–Crippen LogP) is 2.36. The molecule has 20 heavy (non-hydrogen) atoms. The first-order valence-electron chi connectivity index (χ1n) is 7.69. The van der Waals surface area contributed by atoms with Gasteiger partial charge in [0.2, 0.25) is 0 Å². The fraction of sp³-hybridized carbons (Fsp3) is 0.647. The van der Waals surface area contributed by atoms with Gasteiger partial charge in [-0.3, -0.25) is 4.90 Å². The summed E-state index contributed by atoms with van der Waals surface area (Å²) >= 11 is 0. The molecule has 1 atom stereocenters. The smallest absolute Gasteiger partial charge is 0.0329 e. The van der Waals surface area contributed by atoms with Gasteiger partial charge in [-0.2, -0.15) is 0 Å². The second-order valence-electron chi connectivity index (χ2n) is 6.55. The molecule has 1 aliphatic rings. The van der Waals surface area contributed by atoms with Crippen molar-refractivity contribution in [3.63, 3.8) is 0 Å². The lowest BCUT2D eigenvalue weighted by molar-refractivity contribution is 0.0383. The van der Waals surface area contributed by atoms with Crippen LogP contribution in [0.1, 0.15) is 31.9 Å². The van der Waals surface area contributed by atoms with Crippen molar-refractivity contribution >= 4 is 0 Å². The fourth-order valence-electron chi connectivity index (χ4n) is 3.01. The van der Waals surface area contributed by atoms with E-state index in [-0.39, 0.29) is 0 Å². The van der Waals surface area contributed by atoms with Crippen molar-refractivity contribution < 1.29 is 0 Å². The quantitative estimate of drug-likeness (QED) is 0.890. The molecule has 1 N–H and O–H groups in total. The van der Waals surface area contributed by atoms with Crippen molar-refractivity contribution in [2.24, 2.45) is 0 Å². The Morgan fingerprint density at radius 1 is 1.20 bits per heavy atom.